The molecule has 0 N–H and O–H groups in total. The lowest BCUT2D eigenvalue weighted by atomic mass is 9.96. The normalized spacial score (nSPS) is 11.8. The van der Waals surface area contributed by atoms with E-state index in [1.54, 1.807) is 6.07 Å². The first kappa shape index (κ1) is 37.6. The van der Waals surface area contributed by atoms with Crippen LogP contribution in [0.15, 0.2) is 182 Å². The summed E-state index contributed by atoms with van der Waals surface area (Å²) in [6, 6.07) is 59.5. The molecule has 0 aliphatic heterocycles. The highest BCUT2D eigenvalue weighted by Crippen LogP contribution is 2.44. The lowest BCUT2D eigenvalue weighted by molar-refractivity contribution is -0.137. The van der Waals surface area contributed by atoms with Crippen molar-refractivity contribution in [2.75, 3.05) is 0 Å². The highest BCUT2D eigenvalue weighted by atomic mass is 19.4. The van der Waals surface area contributed by atoms with Crippen molar-refractivity contribution in [2.24, 2.45) is 0 Å². The van der Waals surface area contributed by atoms with Gasteiger partial charge in [-0.2, -0.15) is 18.4 Å². The summed E-state index contributed by atoms with van der Waals surface area (Å²) in [5, 5.41) is 13.8. The van der Waals surface area contributed by atoms with E-state index in [0.29, 0.717) is 56.1 Å². The van der Waals surface area contributed by atoms with Gasteiger partial charge in [-0.3, -0.25) is 0 Å². The zero-order valence-corrected chi connectivity index (χ0v) is 33.6. The molecule has 11 aromatic rings. The number of nitrogens with zero attached hydrogens (tertiary/aromatic N) is 6. The van der Waals surface area contributed by atoms with Crippen LogP contribution in [0.25, 0.3) is 100 Å². The van der Waals surface area contributed by atoms with Crippen molar-refractivity contribution in [2.45, 2.75) is 13.1 Å². The molecule has 0 bridgehead atoms. The van der Waals surface area contributed by atoms with Crippen molar-refractivity contribution in [3.63, 3.8) is 0 Å². The van der Waals surface area contributed by atoms with Crippen molar-refractivity contribution < 1.29 is 13.2 Å². The van der Waals surface area contributed by atoms with Gasteiger partial charge in [-0.1, -0.05) is 109 Å². The van der Waals surface area contributed by atoms with E-state index >= 15 is 0 Å². The van der Waals surface area contributed by atoms with E-state index in [-0.39, 0.29) is 0 Å². The Kier molecular flexibility index (Phi) is 8.77. The average molecular weight is 823 g/mol. The highest BCUT2D eigenvalue weighted by molar-refractivity contribution is 6.12. The van der Waals surface area contributed by atoms with E-state index in [2.05, 4.69) is 47.9 Å². The van der Waals surface area contributed by atoms with Gasteiger partial charge in [-0.25, -0.2) is 15.0 Å². The largest absolute Gasteiger partial charge is 0.416 e. The Labute approximate surface area is 359 Å². The third-order valence-corrected chi connectivity index (χ3v) is 11.7. The first-order valence-electron chi connectivity index (χ1n) is 20.4. The van der Waals surface area contributed by atoms with Crippen LogP contribution in [0.1, 0.15) is 16.7 Å². The fourth-order valence-corrected chi connectivity index (χ4v) is 8.79. The fourth-order valence-electron chi connectivity index (χ4n) is 8.79. The first-order chi connectivity index (χ1) is 30.7. The maximum atomic E-state index is 14.3. The summed E-state index contributed by atoms with van der Waals surface area (Å²) in [7, 11) is 0. The van der Waals surface area contributed by atoms with Crippen molar-refractivity contribution in [1.82, 2.24) is 24.1 Å². The van der Waals surface area contributed by atoms with Gasteiger partial charge in [0, 0.05) is 49.4 Å². The number of aryl methyl sites for hydroxylation is 1. The summed E-state index contributed by atoms with van der Waals surface area (Å²) >= 11 is 0. The Morgan fingerprint density at radius 3 is 1.49 bits per heavy atom. The molecule has 300 valence electrons. The molecule has 0 atom stereocenters. The zero-order chi connectivity index (χ0) is 42.8. The van der Waals surface area contributed by atoms with Gasteiger partial charge in [-0.15, -0.1) is 0 Å². The topological polar surface area (TPSA) is 72.3 Å². The molecule has 63 heavy (non-hydrogen) atoms. The third kappa shape index (κ3) is 6.39. The summed E-state index contributed by atoms with van der Waals surface area (Å²) in [5.74, 6) is 1.43. The monoisotopic (exact) mass is 822 g/mol. The predicted octanol–water partition coefficient (Wildman–Crippen LogP) is 13.9. The maximum absolute atomic E-state index is 14.3. The molecule has 6 nitrogen and oxygen atoms in total. The highest BCUT2D eigenvalue weighted by Gasteiger charge is 2.31. The second kappa shape index (κ2) is 14.7. The molecule has 0 radical (unpaired) electrons. The van der Waals surface area contributed by atoms with Gasteiger partial charge in [0.25, 0.3) is 0 Å². The quantitative estimate of drug-likeness (QED) is 0.167. The number of alkyl halides is 3. The fraction of sp³-hybridized carbons (Fsp3) is 0.0370. The Morgan fingerprint density at radius 2 is 0.921 bits per heavy atom. The van der Waals surface area contributed by atoms with Gasteiger partial charge >= 0.3 is 6.18 Å². The molecule has 0 aliphatic carbocycles. The van der Waals surface area contributed by atoms with Crippen molar-refractivity contribution in [1.29, 1.82) is 5.26 Å². The molecule has 11 rings (SSSR count). The number of aromatic nitrogens is 5. The number of nitriles is 1. The Bertz CT molecular complexity index is 3580. The molecule has 3 heterocycles. The smallest absolute Gasteiger partial charge is 0.309 e. The second-order valence-corrected chi connectivity index (χ2v) is 15.6. The third-order valence-electron chi connectivity index (χ3n) is 11.7. The first-order valence-corrected chi connectivity index (χ1v) is 20.4. The van der Waals surface area contributed by atoms with E-state index in [9.17, 15) is 18.4 Å². The molecule has 0 unspecified atom stereocenters. The predicted molar refractivity (Wildman–Crippen MR) is 245 cm³/mol. The minimum atomic E-state index is -4.53. The maximum Gasteiger partial charge on any atom is 0.416 e. The van der Waals surface area contributed by atoms with E-state index in [0.717, 1.165) is 61.3 Å². The summed E-state index contributed by atoms with van der Waals surface area (Å²) in [4.78, 5) is 15.0. The van der Waals surface area contributed by atoms with Gasteiger partial charge in [0.2, 0.25) is 0 Å². The van der Waals surface area contributed by atoms with Crippen LogP contribution < -0.4 is 0 Å². The number of rotatable bonds is 6. The van der Waals surface area contributed by atoms with Crippen LogP contribution in [0.3, 0.4) is 0 Å². The Balaban J connectivity index is 1.25. The van der Waals surface area contributed by atoms with Crippen molar-refractivity contribution >= 4 is 43.6 Å². The molecule has 0 spiro atoms. The van der Waals surface area contributed by atoms with Gasteiger partial charge < -0.3 is 9.13 Å². The van der Waals surface area contributed by atoms with Crippen LogP contribution in [0.5, 0.6) is 0 Å². The average Bonchev–Trinajstić information content (AvgIpc) is 3.83. The van der Waals surface area contributed by atoms with Crippen LogP contribution in [-0.2, 0) is 6.18 Å². The Morgan fingerprint density at radius 1 is 0.444 bits per heavy atom. The lowest BCUT2D eigenvalue weighted by Crippen LogP contribution is -2.05. The molecule has 0 saturated carbocycles. The number of hydrogen-bond donors (Lipinski definition) is 0. The molecule has 0 aliphatic rings. The molecule has 9 heteroatoms. The van der Waals surface area contributed by atoms with Gasteiger partial charge in [0.05, 0.1) is 50.6 Å². The molecule has 8 aromatic carbocycles. The molecular formula is C54H33F3N6. The standard InChI is InChI=1S/C54H33F3N6/c1-33-20-24-47-41(28-33)39-16-8-10-18-45(39)62(47)48-25-21-34(32-58)29-42(48)43-30-37(53-60-51(35-12-4-2-5-13-35)59-52(61-53)36-14-6-3-7-15-36)22-26-49(43)63-46-19-11-9-17-40(46)44-31-38(54(55,56)57)23-27-50(44)63/h2-31H,1H3. The van der Waals surface area contributed by atoms with Crippen LogP contribution in [-0.4, -0.2) is 24.1 Å². The molecule has 0 fully saturated rings. The SMILES string of the molecule is Cc1ccc2c(c1)c1ccccc1n2-c1ccc(C#N)cc1-c1cc(-c2nc(-c3ccccc3)nc(-c3ccccc3)n2)ccc1-n1c2ccccc2c2cc(C(F)(F)F)ccc21. The summed E-state index contributed by atoms with van der Waals surface area (Å²) in [6.45, 7) is 2.08. The van der Waals surface area contributed by atoms with Crippen LogP contribution in [0.2, 0.25) is 0 Å². The number of halogens is 3. The van der Waals surface area contributed by atoms with Gasteiger partial charge in [0.15, 0.2) is 17.5 Å². The van der Waals surface area contributed by atoms with Crippen molar-refractivity contribution in [3.05, 3.63) is 199 Å². The van der Waals surface area contributed by atoms with Gasteiger partial charge in [0.1, 0.15) is 0 Å². The number of fused-ring (bicyclic) bond motifs is 6. The number of hydrogen-bond acceptors (Lipinski definition) is 4. The van der Waals surface area contributed by atoms with E-state index in [1.807, 2.05) is 138 Å². The van der Waals surface area contributed by atoms with Crippen molar-refractivity contribution in [3.8, 4) is 62.7 Å². The van der Waals surface area contributed by atoms with E-state index < -0.39 is 11.7 Å². The Hall–Kier alpha value is -8.35. The summed E-state index contributed by atoms with van der Waals surface area (Å²) in [5.41, 5.74) is 9.41. The zero-order valence-electron chi connectivity index (χ0n) is 33.6. The van der Waals surface area contributed by atoms with Gasteiger partial charge in [-0.05, 0) is 85.8 Å². The van der Waals surface area contributed by atoms with Crippen LogP contribution >= 0.6 is 0 Å². The van der Waals surface area contributed by atoms with Crippen LogP contribution in [0.4, 0.5) is 13.2 Å². The molecule has 0 amide bonds. The lowest BCUT2D eigenvalue weighted by Gasteiger charge is -2.20. The second-order valence-electron chi connectivity index (χ2n) is 15.6. The summed E-state index contributed by atoms with van der Waals surface area (Å²) in [6.07, 6.45) is -4.53. The van der Waals surface area contributed by atoms with E-state index in [4.69, 9.17) is 15.0 Å². The molecule has 3 aromatic heterocycles. The minimum Gasteiger partial charge on any atom is -0.309 e. The van der Waals surface area contributed by atoms with Crippen LogP contribution in [0, 0.1) is 18.3 Å². The number of benzene rings is 8. The molecule has 0 saturated heterocycles. The minimum absolute atomic E-state index is 0.429. The van der Waals surface area contributed by atoms with E-state index in [1.165, 1.54) is 6.07 Å². The molecular weight excluding hydrogens is 790 g/mol. The summed E-state index contributed by atoms with van der Waals surface area (Å²) < 4.78 is 47.0. The number of para-hydroxylation sites is 2.